The van der Waals surface area contributed by atoms with Crippen molar-refractivity contribution in [3.05, 3.63) is 75.2 Å². The molecule has 0 aliphatic carbocycles. The third kappa shape index (κ3) is 4.98. The monoisotopic (exact) mass is 477 g/mol. The molecule has 0 aliphatic heterocycles. The number of alkyl halides is 3. The van der Waals surface area contributed by atoms with Crippen molar-refractivity contribution < 1.29 is 32.2 Å². The Morgan fingerprint density at radius 2 is 1.62 bits per heavy atom. The molecule has 180 valence electrons. The van der Waals surface area contributed by atoms with Crippen LogP contribution in [0.15, 0.2) is 47.3 Å². The highest BCUT2D eigenvalue weighted by atomic mass is 19.4. The molecule has 2 aromatic carbocycles. The first-order valence-corrected chi connectivity index (χ1v) is 9.95. The number of aryl methyl sites for hydroxylation is 1. The Hall–Kier alpha value is -4.02. The van der Waals surface area contributed by atoms with Gasteiger partial charge < -0.3 is 19.5 Å². The van der Waals surface area contributed by atoms with Crippen LogP contribution in [-0.2, 0) is 12.7 Å². The van der Waals surface area contributed by atoms with Crippen molar-refractivity contribution in [3.8, 4) is 22.9 Å². The molecule has 0 fully saturated rings. The van der Waals surface area contributed by atoms with Crippen molar-refractivity contribution in [2.75, 3.05) is 21.3 Å². The molecule has 0 radical (unpaired) electrons. The van der Waals surface area contributed by atoms with Gasteiger partial charge in [-0.15, -0.1) is 0 Å². The molecule has 0 aliphatic rings. The molecule has 3 aromatic rings. The van der Waals surface area contributed by atoms with Crippen molar-refractivity contribution in [1.82, 2.24) is 15.1 Å². The Morgan fingerprint density at radius 1 is 1.00 bits per heavy atom. The molecule has 1 N–H and O–H groups in total. The minimum atomic E-state index is -4.65. The number of nitrogens with one attached hydrogen (secondary N) is 1. The van der Waals surface area contributed by atoms with Crippen molar-refractivity contribution in [2.24, 2.45) is 0 Å². The Morgan fingerprint density at radius 3 is 2.24 bits per heavy atom. The van der Waals surface area contributed by atoms with E-state index in [1.54, 1.807) is 12.1 Å². The molecule has 0 unspecified atom stereocenters. The second-order valence-electron chi connectivity index (χ2n) is 7.13. The van der Waals surface area contributed by atoms with E-state index < -0.39 is 28.8 Å². The predicted octanol–water partition coefficient (Wildman–Crippen LogP) is 3.52. The maximum atomic E-state index is 13.5. The lowest BCUT2D eigenvalue weighted by Gasteiger charge is -2.17. The fraction of sp³-hybridized carbons (Fsp3) is 0.261. The zero-order valence-corrected chi connectivity index (χ0v) is 18.8. The first-order valence-electron chi connectivity index (χ1n) is 9.95. The van der Waals surface area contributed by atoms with Gasteiger partial charge in [0.1, 0.15) is 5.75 Å². The molecule has 11 heteroatoms. The van der Waals surface area contributed by atoms with Crippen molar-refractivity contribution in [1.29, 1.82) is 0 Å². The van der Waals surface area contributed by atoms with Gasteiger partial charge in [0.15, 0.2) is 17.2 Å². The van der Waals surface area contributed by atoms with E-state index in [1.165, 1.54) is 46.5 Å². The summed E-state index contributed by atoms with van der Waals surface area (Å²) in [5, 5.41) is 6.50. The summed E-state index contributed by atoms with van der Waals surface area (Å²) in [4.78, 5) is 25.2. The third-order valence-electron chi connectivity index (χ3n) is 4.99. The summed E-state index contributed by atoms with van der Waals surface area (Å²) >= 11 is 0. The normalized spacial score (nSPS) is 11.1. The fourth-order valence-electron chi connectivity index (χ4n) is 3.34. The maximum Gasteiger partial charge on any atom is 0.418 e. The number of ether oxygens (including phenoxy) is 3. The summed E-state index contributed by atoms with van der Waals surface area (Å²) in [6.07, 6.45) is -4.65. The second kappa shape index (κ2) is 9.86. The lowest BCUT2D eigenvalue weighted by atomic mass is 10.1. The highest BCUT2D eigenvalue weighted by molar-refractivity contribution is 5.92. The number of hydrogen-bond acceptors (Lipinski definition) is 6. The van der Waals surface area contributed by atoms with Crippen LogP contribution in [0.1, 0.15) is 27.3 Å². The predicted molar refractivity (Wildman–Crippen MR) is 117 cm³/mol. The summed E-state index contributed by atoms with van der Waals surface area (Å²) in [6.45, 7) is 1.36. The summed E-state index contributed by atoms with van der Waals surface area (Å²) in [5.74, 6) is 0.347. The average Bonchev–Trinajstić information content (AvgIpc) is 2.81. The molecule has 8 nitrogen and oxygen atoms in total. The van der Waals surface area contributed by atoms with Gasteiger partial charge in [-0.1, -0.05) is 12.1 Å². The quantitative estimate of drug-likeness (QED) is 0.560. The van der Waals surface area contributed by atoms with E-state index in [9.17, 15) is 22.8 Å². The van der Waals surface area contributed by atoms with Gasteiger partial charge in [-0.3, -0.25) is 9.59 Å². The van der Waals surface area contributed by atoms with Gasteiger partial charge in [0.25, 0.3) is 5.91 Å². The van der Waals surface area contributed by atoms with Crippen LogP contribution in [0.4, 0.5) is 13.2 Å². The van der Waals surface area contributed by atoms with E-state index >= 15 is 0 Å². The summed E-state index contributed by atoms with van der Waals surface area (Å²) < 4.78 is 57.2. The van der Waals surface area contributed by atoms with E-state index in [1.807, 2.05) is 0 Å². The number of carbonyl (C=O) groups excluding carboxylic acids is 1. The molecule has 1 heterocycles. The number of halogens is 3. The Bertz CT molecular complexity index is 1270. The lowest BCUT2D eigenvalue weighted by Crippen LogP contribution is -2.32. The average molecular weight is 477 g/mol. The maximum absolute atomic E-state index is 13.5. The molecule has 0 saturated heterocycles. The van der Waals surface area contributed by atoms with Gasteiger partial charge >= 0.3 is 6.18 Å². The molecule has 1 amide bonds. The minimum absolute atomic E-state index is 0.0729. The number of para-hydroxylation sites is 1. The van der Waals surface area contributed by atoms with Crippen LogP contribution in [0.2, 0.25) is 0 Å². The summed E-state index contributed by atoms with van der Waals surface area (Å²) in [5.41, 5.74) is -1.88. The summed E-state index contributed by atoms with van der Waals surface area (Å²) in [6, 6.07) is 9.00. The first-order chi connectivity index (χ1) is 16.1. The summed E-state index contributed by atoms with van der Waals surface area (Å²) in [7, 11) is 4.35. The second-order valence-corrected chi connectivity index (χ2v) is 7.13. The van der Waals surface area contributed by atoms with E-state index in [0.29, 0.717) is 22.8 Å². The molecule has 1 aromatic heterocycles. The van der Waals surface area contributed by atoms with Crippen LogP contribution in [-0.4, -0.2) is 37.0 Å². The number of amides is 1. The van der Waals surface area contributed by atoms with Crippen LogP contribution in [0, 0.1) is 6.92 Å². The number of nitrogens with zero attached hydrogens (tertiary/aromatic N) is 2. The number of rotatable bonds is 7. The zero-order valence-electron chi connectivity index (χ0n) is 18.8. The molecule has 34 heavy (non-hydrogen) atoms. The molecule has 0 atom stereocenters. The zero-order chi connectivity index (χ0) is 25.0. The van der Waals surface area contributed by atoms with Gasteiger partial charge in [0.05, 0.1) is 32.6 Å². The molecule has 0 saturated carbocycles. The molecular formula is C23H22F3N3O5. The minimum Gasteiger partial charge on any atom is -0.496 e. The van der Waals surface area contributed by atoms with Crippen molar-refractivity contribution in [3.63, 3.8) is 0 Å². The van der Waals surface area contributed by atoms with Gasteiger partial charge in [-0.05, 0) is 25.1 Å². The number of hydrogen-bond donors (Lipinski definition) is 1. The highest BCUT2D eigenvalue weighted by Gasteiger charge is 2.34. The van der Waals surface area contributed by atoms with Gasteiger partial charge in [-0.2, -0.15) is 18.3 Å². The highest BCUT2D eigenvalue weighted by Crippen LogP contribution is 2.35. The number of carbonyl (C=O) groups is 1. The molecule has 0 spiro atoms. The number of methoxy groups -OCH3 is 3. The van der Waals surface area contributed by atoms with Crippen LogP contribution < -0.4 is 25.0 Å². The third-order valence-corrected chi connectivity index (χ3v) is 4.99. The van der Waals surface area contributed by atoms with E-state index in [0.717, 1.165) is 16.8 Å². The molecule has 0 bridgehead atoms. The van der Waals surface area contributed by atoms with Crippen LogP contribution in [0.25, 0.3) is 5.69 Å². The Balaban J connectivity index is 1.96. The van der Waals surface area contributed by atoms with E-state index in [-0.39, 0.29) is 17.9 Å². The van der Waals surface area contributed by atoms with Crippen LogP contribution >= 0.6 is 0 Å². The van der Waals surface area contributed by atoms with Crippen LogP contribution in [0.5, 0.6) is 17.2 Å². The van der Waals surface area contributed by atoms with E-state index in [4.69, 9.17) is 14.2 Å². The number of aromatic nitrogens is 2. The fourth-order valence-corrected chi connectivity index (χ4v) is 3.34. The largest absolute Gasteiger partial charge is 0.496 e. The van der Waals surface area contributed by atoms with Gasteiger partial charge in [0, 0.05) is 29.9 Å². The van der Waals surface area contributed by atoms with Crippen LogP contribution in [0.3, 0.4) is 0 Å². The van der Waals surface area contributed by atoms with Crippen molar-refractivity contribution in [2.45, 2.75) is 19.6 Å². The smallest absolute Gasteiger partial charge is 0.418 e. The first kappa shape index (κ1) is 24.6. The topological polar surface area (TPSA) is 91.7 Å². The van der Waals surface area contributed by atoms with Gasteiger partial charge in [0.2, 0.25) is 5.43 Å². The Labute approximate surface area is 192 Å². The molecule has 3 rings (SSSR count). The van der Waals surface area contributed by atoms with E-state index in [2.05, 4.69) is 10.4 Å². The molecular weight excluding hydrogens is 455 g/mol. The van der Waals surface area contributed by atoms with Crippen molar-refractivity contribution >= 4 is 5.91 Å². The standard InChI is InChI=1S/C23H22F3N3O5/c1-13-9-17(30)21(28-29(13)16-8-6-5-7-15(16)23(24,25)26)22(31)27-12-14-10-19(33-3)20(34-4)11-18(14)32-2/h5-11H,12H2,1-4H3,(H,27,31). The number of benzene rings is 2. The lowest BCUT2D eigenvalue weighted by molar-refractivity contribution is -0.137. The van der Waals surface area contributed by atoms with Gasteiger partial charge in [-0.25, -0.2) is 4.68 Å². The Kier molecular flexibility index (Phi) is 7.14. The SMILES string of the molecule is COc1cc(OC)c(OC)cc1CNC(=O)c1nn(-c2ccccc2C(F)(F)F)c(C)cc1=O.